The van der Waals surface area contributed by atoms with Gasteiger partial charge in [0, 0.05) is 12.7 Å². The Bertz CT molecular complexity index is 303. The van der Waals surface area contributed by atoms with Crippen LogP contribution in [0.3, 0.4) is 0 Å². The highest BCUT2D eigenvalue weighted by atomic mass is 16.1. The number of carbonyl (C=O) groups is 1. The van der Waals surface area contributed by atoms with Gasteiger partial charge in [-0.15, -0.1) is 0 Å². The molecule has 1 aromatic rings. The van der Waals surface area contributed by atoms with E-state index in [9.17, 15) is 4.79 Å². The van der Waals surface area contributed by atoms with Crippen molar-refractivity contribution >= 4 is 5.91 Å². The van der Waals surface area contributed by atoms with Crippen LogP contribution >= 0.6 is 0 Å². The van der Waals surface area contributed by atoms with Crippen molar-refractivity contribution in [2.24, 2.45) is 5.92 Å². The fourth-order valence-corrected chi connectivity index (χ4v) is 1.78. The van der Waals surface area contributed by atoms with Gasteiger partial charge >= 0.3 is 0 Å². The molecule has 15 heavy (non-hydrogen) atoms. The molecule has 82 valence electrons. The third-order valence-electron chi connectivity index (χ3n) is 2.68. The number of piperidine rings is 1. The van der Waals surface area contributed by atoms with Gasteiger partial charge < -0.3 is 15.6 Å². The molecule has 0 spiro atoms. The maximum Gasteiger partial charge on any atom is 0.224 e. The van der Waals surface area contributed by atoms with Crippen LogP contribution in [0.15, 0.2) is 12.5 Å². The number of H-pyrrole nitrogens is 1. The number of aromatic amines is 1. The van der Waals surface area contributed by atoms with Crippen LogP contribution in [0.25, 0.3) is 0 Å². The van der Waals surface area contributed by atoms with Gasteiger partial charge in [-0.1, -0.05) is 0 Å². The van der Waals surface area contributed by atoms with Crippen molar-refractivity contribution in [2.45, 2.75) is 19.4 Å². The fraction of sp³-hybridized carbons (Fsp3) is 0.600. The average molecular weight is 208 g/mol. The maximum atomic E-state index is 11.7. The molecule has 0 radical (unpaired) electrons. The van der Waals surface area contributed by atoms with Crippen LogP contribution in [0.2, 0.25) is 0 Å². The minimum atomic E-state index is 0.127. The van der Waals surface area contributed by atoms with Crippen LogP contribution in [0.1, 0.15) is 18.5 Å². The first-order chi connectivity index (χ1) is 7.36. The van der Waals surface area contributed by atoms with Crippen molar-refractivity contribution in [1.82, 2.24) is 20.6 Å². The molecule has 1 fully saturated rings. The van der Waals surface area contributed by atoms with Crippen LogP contribution in [0.5, 0.6) is 0 Å². The quantitative estimate of drug-likeness (QED) is 0.656. The van der Waals surface area contributed by atoms with E-state index in [4.69, 9.17) is 0 Å². The van der Waals surface area contributed by atoms with E-state index in [1.54, 1.807) is 12.5 Å². The van der Waals surface area contributed by atoms with E-state index in [-0.39, 0.29) is 11.8 Å². The maximum absolute atomic E-state index is 11.7. The molecule has 0 bridgehead atoms. The summed E-state index contributed by atoms with van der Waals surface area (Å²) in [5, 5.41) is 6.13. The Morgan fingerprint density at radius 1 is 1.67 bits per heavy atom. The largest absolute Gasteiger partial charge is 0.350 e. The molecule has 1 atom stereocenters. The van der Waals surface area contributed by atoms with Crippen molar-refractivity contribution < 1.29 is 4.79 Å². The van der Waals surface area contributed by atoms with Gasteiger partial charge in [0.05, 0.1) is 24.5 Å². The predicted octanol–water partition coefficient (Wildman–Crippen LogP) is 0.0255. The van der Waals surface area contributed by atoms with Gasteiger partial charge in [-0.05, 0) is 19.4 Å². The van der Waals surface area contributed by atoms with Crippen LogP contribution in [0.4, 0.5) is 0 Å². The van der Waals surface area contributed by atoms with E-state index >= 15 is 0 Å². The number of nitrogens with zero attached hydrogens (tertiary/aromatic N) is 1. The van der Waals surface area contributed by atoms with Gasteiger partial charge in [-0.2, -0.15) is 0 Å². The van der Waals surface area contributed by atoms with Crippen molar-refractivity contribution in [3.63, 3.8) is 0 Å². The van der Waals surface area contributed by atoms with Gasteiger partial charge in [-0.3, -0.25) is 4.79 Å². The first kappa shape index (κ1) is 10.2. The number of hydrogen-bond acceptors (Lipinski definition) is 3. The first-order valence-electron chi connectivity index (χ1n) is 5.32. The second kappa shape index (κ2) is 4.93. The second-order valence-electron chi connectivity index (χ2n) is 3.84. The molecule has 2 rings (SSSR count). The Morgan fingerprint density at radius 3 is 3.27 bits per heavy atom. The van der Waals surface area contributed by atoms with Crippen molar-refractivity contribution in [3.8, 4) is 0 Å². The lowest BCUT2D eigenvalue weighted by atomic mass is 9.99. The minimum absolute atomic E-state index is 0.127. The van der Waals surface area contributed by atoms with E-state index in [0.717, 1.165) is 31.6 Å². The molecule has 3 N–H and O–H groups in total. The average Bonchev–Trinajstić information content (AvgIpc) is 2.80. The lowest BCUT2D eigenvalue weighted by Gasteiger charge is -2.21. The van der Waals surface area contributed by atoms with Crippen molar-refractivity contribution in [1.29, 1.82) is 0 Å². The first-order valence-corrected chi connectivity index (χ1v) is 5.32. The topological polar surface area (TPSA) is 69.8 Å². The molecule has 0 aliphatic carbocycles. The van der Waals surface area contributed by atoms with Gasteiger partial charge in [0.2, 0.25) is 5.91 Å². The number of nitrogens with one attached hydrogen (secondary N) is 3. The molecule has 0 saturated carbocycles. The predicted molar refractivity (Wildman–Crippen MR) is 56.0 cm³/mol. The molecule has 2 heterocycles. The molecule has 5 nitrogen and oxygen atoms in total. The highest BCUT2D eigenvalue weighted by Crippen LogP contribution is 2.09. The fourth-order valence-electron chi connectivity index (χ4n) is 1.78. The summed E-state index contributed by atoms with van der Waals surface area (Å²) in [5.74, 6) is 0.262. The zero-order valence-corrected chi connectivity index (χ0v) is 8.62. The Labute approximate surface area is 88.7 Å². The van der Waals surface area contributed by atoms with E-state index in [1.165, 1.54) is 0 Å². The van der Waals surface area contributed by atoms with E-state index in [0.29, 0.717) is 6.54 Å². The van der Waals surface area contributed by atoms with E-state index in [2.05, 4.69) is 20.6 Å². The minimum Gasteiger partial charge on any atom is -0.350 e. The zero-order valence-electron chi connectivity index (χ0n) is 8.62. The van der Waals surface area contributed by atoms with Crippen LogP contribution in [0, 0.1) is 5.92 Å². The SMILES string of the molecule is O=C(NCc1cnc[nH]1)C1CCCNC1. The smallest absolute Gasteiger partial charge is 0.224 e. The molecular formula is C10H16N4O. The van der Waals surface area contributed by atoms with Crippen molar-refractivity contribution in [3.05, 3.63) is 18.2 Å². The van der Waals surface area contributed by atoms with E-state index < -0.39 is 0 Å². The normalized spacial score (nSPS) is 21.2. The summed E-state index contributed by atoms with van der Waals surface area (Å²) in [6.45, 7) is 2.37. The number of rotatable bonds is 3. The Kier molecular flexibility index (Phi) is 3.34. The van der Waals surface area contributed by atoms with Gasteiger partial charge in [0.15, 0.2) is 0 Å². The number of hydrogen-bond donors (Lipinski definition) is 3. The van der Waals surface area contributed by atoms with Crippen LogP contribution in [-0.4, -0.2) is 29.0 Å². The highest BCUT2D eigenvalue weighted by Gasteiger charge is 2.20. The van der Waals surface area contributed by atoms with Gasteiger partial charge in [0.1, 0.15) is 0 Å². The van der Waals surface area contributed by atoms with Crippen LogP contribution in [-0.2, 0) is 11.3 Å². The molecule has 0 aromatic carbocycles. The Balaban J connectivity index is 1.76. The summed E-state index contributed by atoms with van der Waals surface area (Å²) in [4.78, 5) is 18.6. The monoisotopic (exact) mass is 208 g/mol. The summed E-state index contributed by atoms with van der Waals surface area (Å²) in [7, 11) is 0. The standard InChI is InChI=1S/C10H16N4O/c15-10(8-2-1-3-11-4-8)13-6-9-5-12-7-14-9/h5,7-8,11H,1-4,6H2,(H,12,14)(H,13,15). The Hall–Kier alpha value is -1.36. The summed E-state index contributed by atoms with van der Waals surface area (Å²) in [6.07, 6.45) is 5.41. The molecule has 1 amide bonds. The van der Waals surface area contributed by atoms with Gasteiger partial charge in [-0.25, -0.2) is 4.98 Å². The molecule has 1 aromatic heterocycles. The van der Waals surface area contributed by atoms with Crippen LogP contribution < -0.4 is 10.6 Å². The Morgan fingerprint density at radius 2 is 2.60 bits per heavy atom. The number of carbonyl (C=O) groups excluding carboxylic acids is 1. The van der Waals surface area contributed by atoms with Crippen molar-refractivity contribution in [2.75, 3.05) is 13.1 Å². The summed E-state index contributed by atoms with van der Waals surface area (Å²) < 4.78 is 0. The molecule has 1 aliphatic rings. The van der Waals surface area contributed by atoms with E-state index in [1.807, 2.05) is 0 Å². The molecular weight excluding hydrogens is 192 g/mol. The molecule has 1 unspecified atom stereocenters. The number of imidazole rings is 1. The molecule has 1 aliphatic heterocycles. The summed E-state index contributed by atoms with van der Waals surface area (Å²) >= 11 is 0. The lowest BCUT2D eigenvalue weighted by Crippen LogP contribution is -2.40. The third kappa shape index (κ3) is 2.79. The second-order valence-corrected chi connectivity index (χ2v) is 3.84. The third-order valence-corrected chi connectivity index (χ3v) is 2.68. The molecule has 1 saturated heterocycles. The zero-order chi connectivity index (χ0) is 10.5. The number of aromatic nitrogens is 2. The lowest BCUT2D eigenvalue weighted by molar-refractivity contribution is -0.125. The summed E-state index contributed by atoms with van der Waals surface area (Å²) in [6, 6.07) is 0. The number of amides is 1. The van der Waals surface area contributed by atoms with Gasteiger partial charge in [0.25, 0.3) is 0 Å². The molecule has 5 heteroatoms. The summed E-state index contributed by atoms with van der Waals surface area (Å²) in [5.41, 5.74) is 0.937. The highest BCUT2D eigenvalue weighted by molar-refractivity contribution is 5.78.